The molecule has 0 spiro atoms. The number of nitriles is 1. The van der Waals surface area contributed by atoms with Crippen LogP contribution in [0.15, 0.2) is 24.5 Å². The Morgan fingerprint density at radius 1 is 1.53 bits per heavy atom. The number of nitrogens with one attached hydrogen (secondary N) is 1. The number of hydrogen-bond donors (Lipinski definition) is 1. The molecule has 5 heteroatoms. The molecule has 0 aliphatic carbocycles. The van der Waals surface area contributed by atoms with Crippen molar-refractivity contribution < 1.29 is 4.79 Å². The zero-order valence-electron chi connectivity index (χ0n) is 9.89. The van der Waals surface area contributed by atoms with E-state index in [4.69, 9.17) is 5.26 Å². The topological polar surface area (TPSA) is 69.0 Å². The molecule has 0 aliphatic heterocycles. The van der Waals surface area contributed by atoms with Gasteiger partial charge < -0.3 is 10.2 Å². The minimum atomic E-state index is -0.192. The second-order valence-corrected chi connectivity index (χ2v) is 3.50. The Bertz CT molecular complexity index is 385. The van der Waals surface area contributed by atoms with Gasteiger partial charge in [-0.2, -0.15) is 5.26 Å². The fourth-order valence-corrected chi connectivity index (χ4v) is 1.44. The Kier molecular flexibility index (Phi) is 5.52. The maximum Gasteiger partial charge on any atom is 0.318 e. The van der Waals surface area contributed by atoms with Crippen LogP contribution in [0, 0.1) is 11.3 Å². The summed E-state index contributed by atoms with van der Waals surface area (Å²) in [5, 5.41) is 10.9. The van der Waals surface area contributed by atoms with Crippen LogP contribution in [0.4, 0.5) is 4.79 Å². The maximum atomic E-state index is 11.6. The van der Waals surface area contributed by atoms with Crippen LogP contribution < -0.4 is 5.32 Å². The number of aromatic nitrogens is 1. The van der Waals surface area contributed by atoms with Gasteiger partial charge in [0.25, 0.3) is 0 Å². The molecule has 1 rings (SSSR count). The van der Waals surface area contributed by atoms with Crippen molar-refractivity contribution in [1.82, 2.24) is 15.2 Å². The van der Waals surface area contributed by atoms with Gasteiger partial charge in [-0.15, -0.1) is 0 Å². The number of nitrogens with zero attached hydrogens (tertiary/aromatic N) is 3. The highest BCUT2D eigenvalue weighted by Gasteiger charge is 2.09. The largest absolute Gasteiger partial charge is 0.325 e. The quantitative estimate of drug-likeness (QED) is 0.775. The third-order valence-corrected chi connectivity index (χ3v) is 2.41. The predicted molar refractivity (Wildman–Crippen MR) is 64.2 cm³/mol. The summed E-state index contributed by atoms with van der Waals surface area (Å²) < 4.78 is 0. The van der Waals surface area contributed by atoms with E-state index in [2.05, 4.69) is 10.3 Å². The monoisotopic (exact) mass is 232 g/mol. The molecule has 0 radical (unpaired) electrons. The molecular weight excluding hydrogens is 216 g/mol. The van der Waals surface area contributed by atoms with Gasteiger partial charge in [0, 0.05) is 25.5 Å². The molecule has 90 valence electrons. The predicted octanol–water partition coefficient (Wildman–Crippen LogP) is 1.18. The van der Waals surface area contributed by atoms with Gasteiger partial charge in [0.1, 0.15) is 6.54 Å². The molecule has 1 aromatic rings. The number of pyridine rings is 1. The summed E-state index contributed by atoms with van der Waals surface area (Å²) in [6, 6.07) is 5.56. The minimum absolute atomic E-state index is 0.0462. The molecule has 5 nitrogen and oxygen atoms in total. The molecular formula is C12H16N4O. The molecule has 0 saturated heterocycles. The van der Waals surface area contributed by atoms with E-state index < -0.39 is 0 Å². The van der Waals surface area contributed by atoms with Crippen molar-refractivity contribution in [3.63, 3.8) is 0 Å². The second kappa shape index (κ2) is 7.23. The number of rotatable bonds is 5. The lowest BCUT2D eigenvalue weighted by Gasteiger charge is -2.20. The smallest absolute Gasteiger partial charge is 0.318 e. The molecule has 0 saturated carbocycles. The molecule has 0 fully saturated rings. The van der Waals surface area contributed by atoms with E-state index >= 15 is 0 Å². The summed E-state index contributed by atoms with van der Waals surface area (Å²) in [5.41, 5.74) is 1.14. The average molecular weight is 232 g/mol. The van der Waals surface area contributed by atoms with Crippen LogP contribution in [0.3, 0.4) is 0 Å². The average Bonchev–Trinajstić information content (AvgIpc) is 2.38. The molecule has 1 heterocycles. The number of amides is 2. The lowest BCUT2D eigenvalue weighted by Crippen LogP contribution is -2.41. The van der Waals surface area contributed by atoms with Crippen molar-refractivity contribution in [3.8, 4) is 6.07 Å². The van der Waals surface area contributed by atoms with E-state index in [0.717, 1.165) is 12.0 Å². The first-order valence-corrected chi connectivity index (χ1v) is 5.56. The Balaban J connectivity index is 2.42. The standard InChI is InChI=1S/C12H16N4O/c1-2-16(12(17)15-9-6-13)10-5-11-3-7-14-8-4-11/h3-4,7-8H,2,5,9-10H2,1H3,(H,15,17). The van der Waals surface area contributed by atoms with E-state index in [1.54, 1.807) is 17.3 Å². The SMILES string of the molecule is CCN(CCc1ccncc1)C(=O)NCC#N. The highest BCUT2D eigenvalue weighted by Crippen LogP contribution is 2.00. The molecule has 0 unspecified atom stereocenters. The molecule has 0 bridgehead atoms. The number of carbonyl (C=O) groups excluding carboxylic acids is 1. The number of urea groups is 1. The van der Waals surface area contributed by atoms with Crippen molar-refractivity contribution in [2.75, 3.05) is 19.6 Å². The number of likely N-dealkylation sites (N-methyl/N-ethyl adjacent to an activating group) is 1. The summed E-state index contributed by atoms with van der Waals surface area (Å²) in [5.74, 6) is 0. The minimum Gasteiger partial charge on any atom is -0.325 e. The van der Waals surface area contributed by atoms with Crippen LogP contribution in [0.2, 0.25) is 0 Å². The van der Waals surface area contributed by atoms with Crippen molar-refractivity contribution in [2.24, 2.45) is 0 Å². The van der Waals surface area contributed by atoms with Gasteiger partial charge in [0.05, 0.1) is 6.07 Å². The first-order valence-electron chi connectivity index (χ1n) is 5.56. The zero-order chi connectivity index (χ0) is 12.5. The van der Waals surface area contributed by atoms with Crippen LogP contribution in [0.5, 0.6) is 0 Å². The van der Waals surface area contributed by atoms with Crippen molar-refractivity contribution in [1.29, 1.82) is 5.26 Å². The number of hydrogen-bond acceptors (Lipinski definition) is 3. The summed E-state index contributed by atoms with van der Waals surface area (Å²) in [6.07, 6.45) is 4.26. The van der Waals surface area contributed by atoms with Gasteiger partial charge in [-0.1, -0.05) is 0 Å². The molecule has 0 aliphatic rings. The molecule has 1 aromatic heterocycles. The fraction of sp³-hybridized carbons (Fsp3) is 0.417. The van der Waals surface area contributed by atoms with Gasteiger partial charge >= 0.3 is 6.03 Å². The Morgan fingerprint density at radius 2 is 2.24 bits per heavy atom. The Labute approximate surface area is 101 Å². The number of carbonyl (C=O) groups is 1. The maximum absolute atomic E-state index is 11.6. The summed E-state index contributed by atoms with van der Waals surface area (Å²) in [4.78, 5) is 17.2. The molecule has 0 aromatic carbocycles. The van der Waals surface area contributed by atoms with Crippen LogP contribution in [0.1, 0.15) is 12.5 Å². The Hall–Kier alpha value is -2.09. The lowest BCUT2D eigenvalue weighted by atomic mass is 10.2. The first-order chi connectivity index (χ1) is 8.27. The molecule has 17 heavy (non-hydrogen) atoms. The molecule has 2 amide bonds. The first kappa shape index (κ1) is 13.0. The van der Waals surface area contributed by atoms with Crippen molar-refractivity contribution in [3.05, 3.63) is 30.1 Å². The van der Waals surface area contributed by atoms with E-state index in [0.29, 0.717) is 13.1 Å². The molecule has 1 N–H and O–H groups in total. The van der Waals surface area contributed by atoms with Gasteiger partial charge in [0.15, 0.2) is 0 Å². The summed E-state index contributed by atoms with van der Waals surface area (Å²) >= 11 is 0. The van der Waals surface area contributed by atoms with E-state index in [9.17, 15) is 4.79 Å². The van der Waals surface area contributed by atoms with Crippen LogP contribution in [-0.4, -0.2) is 35.5 Å². The van der Waals surface area contributed by atoms with Crippen molar-refractivity contribution in [2.45, 2.75) is 13.3 Å². The van der Waals surface area contributed by atoms with Crippen LogP contribution in [0.25, 0.3) is 0 Å². The molecule has 0 atom stereocenters. The highest BCUT2D eigenvalue weighted by molar-refractivity contribution is 5.74. The van der Waals surface area contributed by atoms with Gasteiger partial charge in [-0.25, -0.2) is 4.79 Å². The van der Waals surface area contributed by atoms with Gasteiger partial charge in [0.2, 0.25) is 0 Å². The van der Waals surface area contributed by atoms with Crippen LogP contribution >= 0.6 is 0 Å². The summed E-state index contributed by atoms with van der Waals surface area (Å²) in [7, 11) is 0. The van der Waals surface area contributed by atoms with Crippen LogP contribution in [-0.2, 0) is 6.42 Å². The summed E-state index contributed by atoms with van der Waals surface area (Å²) in [6.45, 7) is 3.23. The third-order valence-electron chi connectivity index (χ3n) is 2.41. The van der Waals surface area contributed by atoms with Crippen molar-refractivity contribution >= 4 is 6.03 Å². The van der Waals surface area contributed by atoms with E-state index in [1.807, 2.05) is 25.1 Å². The zero-order valence-corrected chi connectivity index (χ0v) is 9.89. The normalized spacial score (nSPS) is 9.41. The van der Waals surface area contributed by atoms with Gasteiger partial charge in [-0.3, -0.25) is 4.98 Å². The van der Waals surface area contributed by atoms with E-state index in [-0.39, 0.29) is 12.6 Å². The van der Waals surface area contributed by atoms with E-state index in [1.165, 1.54) is 0 Å². The Morgan fingerprint density at radius 3 is 2.82 bits per heavy atom. The third kappa shape index (κ3) is 4.51. The lowest BCUT2D eigenvalue weighted by molar-refractivity contribution is 0.202. The second-order valence-electron chi connectivity index (χ2n) is 3.50. The fourth-order valence-electron chi connectivity index (χ4n) is 1.44. The van der Waals surface area contributed by atoms with Gasteiger partial charge in [-0.05, 0) is 31.0 Å². The highest BCUT2D eigenvalue weighted by atomic mass is 16.2.